The Hall–Kier alpha value is -3.36. The monoisotopic (exact) mass is 468 g/mol. The van der Waals surface area contributed by atoms with Gasteiger partial charge in [-0.15, -0.1) is 0 Å². The SMILES string of the molecule is COc1ccc(CNC(=O)c2ccc(OC)c(CN(C)S(=O)(=O)c3ccc(C)cc3)c2)cc1. The fourth-order valence-corrected chi connectivity index (χ4v) is 4.44. The Labute approximate surface area is 195 Å². The minimum absolute atomic E-state index is 0.0545. The molecule has 0 aliphatic rings. The summed E-state index contributed by atoms with van der Waals surface area (Å²) in [6, 6.07) is 19.1. The normalized spacial score (nSPS) is 11.3. The Bertz CT molecular complexity index is 1210. The van der Waals surface area contributed by atoms with Crippen LogP contribution in [0.5, 0.6) is 11.5 Å². The summed E-state index contributed by atoms with van der Waals surface area (Å²) in [7, 11) is 0.917. The van der Waals surface area contributed by atoms with Gasteiger partial charge in [-0.05, 0) is 55.0 Å². The summed E-state index contributed by atoms with van der Waals surface area (Å²) in [6.07, 6.45) is 0. The molecule has 3 aromatic rings. The molecule has 0 saturated heterocycles. The van der Waals surface area contributed by atoms with E-state index in [0.29, 0.717) is 23.4 Å². The number of carbonyl (C=O) groups excluding carboxylic acids is 1. The van der Waals surface area contributed by atoms with Gasteiger partial charge in [0.1, 0.15) is 11.5 Å². The number of sulfonamides is 1. The Kier molecular flexibility index (Phi) is 7.73. The number of hydrogen-bond donors (Lipinski definition) is 1. The summed E-state index contributed by atoms with van der Waals surface area (Å²) in [5, 5.41) is 2.88. The number of ether oxygens (including phenoxy) is 2. The van der Waals surface area contributed by atoms with Crippen molar-refractivity contribution < 1.29 is 22.7 Å². The van der Waals surface area contributed by atoms with Crippen molar-refractivity contribution in [3.8, 4) is 11.5 Å². The van der Waals surface area contributed by atoms with Crippen LogP contribution in [-0.2, 0) is 23.1 Å². The molecule has 174 valence electrons. The molecule has 0 unspecified atom stereocenters. The van der Waals surface area contributed by atoms with Crippen LogP contribution in [0.3, 0.4) is 0 Å². The van der Waals surface area contributed by atoms with E-state index in [1.807, 2.05) is 31.2 Å². The van der Waals surface area contributed by atoms with E-state index in [1.54, 1.807) is 49.6 Å². The van der Waals surface area contributed by atoms with Gasteiger partial charge in [-0.2, -0.15) is 4.31 Å². The maximum atomic E-state index is 13.0. The third-order valence-corrected chi connectivity index (χ3v) is 7.09. The van der Waals surface area contributed by atoms with Crippen LogP contribution in [0.15, 0.2) is 71.6 Å². The third-order valence-electron chi connectivity index (χ3n) is 5.28. The van der Waals surface area contributed by atoms with Crippen molar-refractivity contribution in [2.45, 2.75) is 24.9 Å². The van der Waals surface area contributed by atoms with Gasteiger partial charge in [0.2, 0.25) is 10.0 Å². The molecule has 0 aliphatic carbocycles. The summed E-state index contributed by atoms with van der Waals surface area (Å²) in [6.45, 7) is 2.31. The maximum absolute atomic E-state index is 13.0. The predicted octanol–water partition coefficient (Wildman–Crippen LogP) is 3.76. The largest absolute Gasteiger partial charge is 0.497 e. The summed E-state index contributed by atoms with van der Waals surface area (Å²) < 4.78 is 37.7. The van der Waals surface area contributed by atoms with Crippen LogP contribution in [-0.4, -0.2) is 39.9 Å². The van der Waals surface area contributed by atoms with Crippen LogP contribution >= 0.6 is 0 Å². The summed E-state index contributed by atoms with van der Waals surface area (Å²) in [4.78, 5) is 12.9. The fourth-order valence-electron chi connectivity index (χ4n) is 3.29. The Morgan fingerprint density at radius 1 is 0.939 bits per heavy atom. The lowest BCUT2D eigenvalue weighted by Gasteiger charge is -2.19. The molecule has 0 atom stereocenters. The van der Waals surface area contributed by atoms with Crippen LogP contribution in [0, 0.1) is 6.92 Å². The van der Waals surface area contributed by atoms with Gasteiger partial charge in [0, 0.05) is 31.3 Å². The first-order valence-corrected chi connectivity index (χ1v) is 11.8. The van der Waals surface area contributed by atoms with Gasteiger partial charge in [-0.25, -0.2) is 8.42 Å². The number of rotatable bonds is 9. The number of nitrogens with one attached hydrogen (secondary N) is 1. The maximum Gasteiger partial charge on any atom is 0.251 e. The molecule has 0 aliphatic heterocycles. The minimum Gasteiger partial charge on any atom is -0.497 e. The van der Waals surface area contributed by atoms with Gasteiger partial charge >= 0.3 is 0 Å². The highest BCUT2D eigenvalue weighted by atomic mass is 32.2. The highest BCUT2D eigenvalue weighted by Crippen LogP contribution is 2.24. The molecule has 0 radical (unpaired) electrons. The molecule has 0 spiro atoms. The van der Waals surface area contributed by atoms with Gasteiger partial charge in [-0.1, -0.05) is 29.8 Å². The van der Waals surface area contributed by atoms with E-state index in [0.717, 1.165) is 16.9 Å². The first-order valence-electron chi connectivity index (χ1n) is 10.4. The lowest BCUT2D eigenvalue weighted by atomic mass is 10.1. The van der Waals surface area contributed by atoms with Gasteiger partial charge in [0.25, 0.3) is 5.91 Å². The number of nitrogens with zero attached hydrogens (tertiary/aromatic N) is 1. The fraction of sp³-hybridized carbons (Fsp3) is 0.240. The first-order chi connectivity index (χ1) is 15.7. The van der Waals surface area contributed by atoms with E-state index >= 15 is 0 Å². The molecule has 0 bridgehead atoms. The number of carbonyl (C=O) groups is 1. The van der Waals surface area contributed by atoms with Crippen LogP contribution in [0.4, 0.5) is 0 Å². The summed E-state index contributed by atoms with van der Waals surface area (Å²) in [5.41, 5.74) is 2.92. The topological polar surface area (TPSA) is 84.9 Å². The van der Waals surface area contributed by atoms with E-state index in [4.69, 9.17) is 9.47 Å². The van der Waals surface area contributed by atoms with E-state index < -0.39 is 10.0 Å². The molecule has 7 nitrogen and oxygen atoms in total. The van der Waals surface area contributed by atoms with Gasteiger partial charge < -0.3 is 14.8 Å². The summed E-state index contributed by atoms with van der Waals surface area (Å²) in [5.74, 6) is 0.987. The second-order valence-electron chi connectivity index (χ2n) is 7.63. The molecule has 0 heterocycles. The highest BCUT2D eigenvalue weighted by Gasteiger charge is 2.22. The average molecular weight is 469 g/mol. The standard InChI is InChI=1S/C25H28N2O5S/c1-18-5-12-23(13-6-18)33(29,30)27(2)17-21-15-20(9-14-24(21)32-4)25(28)26-16-19-7-10-22(31-3)11-8-19/h5-15H,16-17H2,1-4H3,(H,26,28). The number of hydrogen-bond acceptors (Lipinski definition) is 5. The highest BCUT2D eigenvalue weighted by molar-refractivity contribution is 7.89. The van der Waals surface area contributed by atoms with Crippen LogP contribution in [0.2, 0.25) is 0 Å². The van der Waals surface area contributed by atoms with Crippen molar-refractivity contribution in [3.63, 3.8) is 0 Å². The molecule has 0 aromatic heterocycles. The first kappa shape index (κ1) is 24.3. The van der Waals surface area contributed by atoms with Crippen molar-refractivity contribution >= 4 is 15.9 Å². The smallest absolute Gasteiger partial charge is 0.251 e. The number of aryl methyl sites for hydroxylation is 1. The molecular formula is C25H28N2O5S. The van der Waals surface area contributed by atoms with Gasteiger partial charge in [0.15, 0.2) is 0 Å². The van der Waals surface area contributed by atoms with Crippen LogP contribution in [0.25, 0.3) is 0 Å². The number of amides is 1. The number of methoxy groups -OCH3 is 2. The van der Waals surface area contributed by atoms with E-state index in [2.05, 4.69) is 5.32 Å². The van der Waals surface area contributed by atoms with Crippen LogP contribution in [0.1, 0.15) is 27.0 Å². The molecule has 3 aromatic carbocycles. The lowest BCUT2D eigenvalue weighted by molar-refractivity contribution is 0.0950. The zero-order valence-electron chi connectivity index (χ0n) is 19.2. The van der Waals surface area contributed by atoms with Crippen molar-refractivity contribution in [1.29, 1.82) is 0 Å². The third kappa shape index (κ3) is 5.91. The quantitative estimate of drug-likeness (QED) is 0.517. The van der Waals surface area contributed by atoms with Crippen molar-refractivity contribution in [1.82, 2.24) is 9.62 Å². The van der Waals surface area contributed by atoms with Crippen molar-refractivity contribution in [3.05, 3.63) is 89.0 Å². The van der Waals surface area contributed by atoms with Crippen LogP contribution < -0.4 is 14.8 Å². The molecule has 33 heavy (non-hydrogen) atoms. The Morgan fingerprint density at radius 2 is 1.61 bits per heavy atom. The Morgan fingerprint density at radius 3 is 2.21 bits per heavy atom. The molecule has 1 N–H and O–H groups in total. The van der Waals surface area contributed by atoms with Gasteiger partial charge in [0.05, 0.1) is 19.1 Å². The molecule has 1 amide bonds. The predicted molar refractivity (Wildman–Crippen MR) is 127 cm³/mol. The zero-order valence-corrected chi connectivity index (χ0v) is 20.0. The van der Waals surface area contributed by atoms with Crippen molar-refractivity contribution in [2.75, 3.05) is 21.3 Å². The summed E-state index contributed by atoms with van der Waals surface area (Å²) >= 11 is 0. The second kappa shape index (κ2) is 10.5. The van der Waals surface area contributed by atoms with Crippen molar-refractivity contribution in [2.24, 2.45) is 0 Å². The molecule has 8 heteroatoms. The lowest BCUT2D eigenvalue weighted by Crippen LogP contribution is -2.27. The minimum atomic E-state index is -3.70. The second-order valence-corrected chi connectivity index (χ2v) is 9.68. The average Bonchev–Trinajstić information content (AvgIpc) is 2.83. The van der Waals surface area contributed by atoms with Gasteiger partial charge in [-0.3, -0.25) is 4.79 Å². The molecular weight excluding hydrogens is 440 g/mol. The van der Waals surface area contributed by atoms with E-state index in [-0.39, 0.29) is 17.3 Å². The molecule has 0 fully saturated rings. The van der Waals surface area contributed by atoms with E-state index in [1.165, 1.54) is 18.5 Å². The molecule has 0 saturated carbocycles. The zero-order chi connectivity index (χ0) is 24.0. The molecule has 3 rings (SSSR count). The number of benzene rings is 3. The Balaban J connectivity index is 1.75. The van der Waals surface area contributed by atoms with E-state index in [9.17, 15) is 13.2 Å².